The van der Waals surface area contributed by atoms with Crippen LogP contribution in [0.1, 0.15) is 43.7 Å². The van der Waals surface area contributed by atoms with E-state index in [1.165, 1.54) is 12.1 Å². The van der Waals surface area contributed by atoms with Gasteiger partial charge in [0.2, 0.25) is 11.4 Å². The van der Waals surface area contributed by atoms with Crippen LogP contribution in [-0.4, -0.2) is 33.6 Å². The average Bonchev–Trinajstić information content (AvgIpc) is 2.72. The highest BCUT2D eigenvalue weighted by atomic mass is 19.1. The molecule has 8 heteroatoms. The standard InChI is InChI=1S/C23H26FNO6/c1-16(26)25-23(21(27)28,22(29)30)14-4-2-3-5-17-8-12-20(13-9-17)31-15-18-6-10-19(24)11-7-18/h6-13H,2-5,14-15H2,1H3,(H,25,26)(H,27,28)(H,29,30). The molecule has 3 N–H and O–H groups in total. The maximum atomic E-state index is 12.9. The summed E-state index contributed by atoms with van der Waals surface area (Å²) < 4.78 is 18.6. The van der Waals surface area contributed by atoms with Gasteiger partial charge in [-0.25, -0.2) is 14.0 Å². The number of benzene rings is 2. The van der Waals surface area contributed by atoms with Gasteiger partial charge in [-0.1, -0.05) is 30.7 Å². The second-order valence-electron chi connectivity index (χ2n) is 7.32. The summed E-state index contributed by atoms with van der Waals surface area (Å²) in [6, 6.07) is 13.6. The van der Waals surface area contributed by atoms with Gasteiger partial charge in [-0.15, -0.1) is 0 Å². The SMILES string of the molecule is CC(=O)NC(CCCCCc1ccc(OCc2ccc(F)cc2)cc1)(C(=O)O)C(=O)O. The summed E-state index contributed by atoms with van der Waals surface area (Å²) >= 11 is 0. The third kappa shape index (κ3) is 7.09. The van der Waals surface area contributed by atoms with Crippen LogP contribution < -0.4 is 10.1 Å². The highest BCUT2D eigenvalue weighted by Gasteiger charge is 2.46. The van der Waals surface area contributed by atoms with E-state index in [1.54, 1.807) is 12.1 Å². The lowest BCUT2D eigenvalue weighted by Crippen LogP contribution is -2.59. The molecule has 0 radical (unpaired) electrons. The van der Waals surface area contributed by atoms with Gasteiger partial charge in [-0.2, -0.15) is 0 Å². The third-order valence-electron chi connectivity index (χ3n) is 4.88. The largest absolute Gasteiger partial charge is 0.489 e. The van der Waals surface area contributed by atoms with Crippen LogP contribution in [0.25, 0.3) is 0 Å². The summed E-state index contributed by atoms with van der Waals surface area (Å²) in [6.07, 6.45) is 2.26. The molecule has 1 amide bonds. The van der Waals surface area contributed by atoms with E-state index in [0.29, 0.717) is 25.2 Å². The normalized spacial score (nSPS) is 11.0. The minimum atomic E-state index is -2.30. The average molecular weight is 431 g/mol. The maximum absolute atomic E-state index is 12.9. The summed E-state index contributed by atoms with van der Waals surface area (Å²) in [5, 5.41) is 20.7. The number of aliphatic carboxylic acids is 2. The molecule has 0 aliphatic rings. The summed E-state index contributed by atoms with van der Waals surface area (Å²) in [5.74, 6) is -3.46. The van der Waals surface area contributed by atoms with E-state index in [-0.39, 0.29) is 12.2 Å². The second-order valence-corrected chi connectivity index (χ2v) is 7.32. The third-order valence-corrected chi connectivity index (χ3v) is 4.88. The number of ether oxygens (including phenoxy) is 1. The molecule has 31 heavy (non-hydrogen) atoms. The van der Waals surface area contributed by atoms with Gasteiger partial charge in [-0.3, -0.25) is 4.79 Å². The van der Waals surface area contributed by atoms with Crippen LogP contribution in [0.5, 0.6) is 5.75 Å². The zero-order chi connectivity index (χ0) is 22.9. The van der Waals surface area contributed by atoms with Crippen molar-refractivity contribution in [3.05, 3.63) is 65.5 Å². The first-order chi connectivity index (χ1) is 14.7. The molecule has 7 nitrogen and oxygen atoms in total. The van der Waals surface area contributed by atoms with Crippen molar-refractivity contribution >= 4 is 17.8 Å². The first-order valence-electron chi connectivity index (χ1n) is 9.94. The molecule has 0 bridgehead atoms. The molecule has 0 heterocycles. The number of carbonyl (C=O) groups is 3. The lowest BCUT2D eigenvalue weighted by atomic mass is 9.91. The van der Waals surface area contributed by atoms with E-state index in [4.69, 9.17) is 4.74 Å². The van der Waals surface area contributed by atoms with Crippen LogP contribution >= 0.6 is 0 Å². The monoisotopic (exact) mass is 431 g/mol. The van der Waals surface area contributed by atoms with Crippen LogP contribution in [0, 0.1) is 5.82 Å². The summed E-state index contributed by atoms with van der Waals surface area (Å²) in [6.45, 7) is 1.43. The van der Waals surface area contributed by atoms with Gasteiger partial charge < -0.3 is 20.3 Å². The second kappa shape index (κ2) is 11.1. The zero-order valence-electron chi connectivity index (χ0n) is 17.3. The predicted molar refractivity (Wildman–Crippen MR) is 111 cm³/mol. The van der Waals surface area contributed by atoms with E-state index >= 15 is 0 Å². The lowest BCUT2D eigenvalue weighted by Gasteiger charge is -2.25. The van der Waals surface area contributed by atoms with Gasteiger partial charge in [0.15, 0.2) is 0 Å². The Balaban J connectivity index is 1.77. The fourth-order valence-electron chi connectivity index (χ4n) is 3.17. The molecule has 0 saturated heterocycles. The molecule has 0 aromatic heterocycles. The molecule has 0 aliphatic carbocycles. The van der Waals surface area contributed by atoms with Gasteiger partial charge in [0, 0.05) is 6.92 Å². The lowest BCUT2D eigenvalue weighted by molar-refractivity contribution is -0.161. The molecule has 0 aliphatic heterocycles. The molecule has 0 spiro atoms. The van der Waals surface area contributed by atoms with Gasteiger partial charge in [0.25, 0.3) is 0 Å². The van der Waals surface area contributed by atoms with E-state index in [2.05, 4.69) is 5.32 Å². The molecule has 2 aromatic rings. The Hall–Kier alpha value is -3.42. The Morgan fingerprint density at radius 2 is 1.48 bits per heavy atom. The number of carboxylic acids is 2. The van der Waals surface area contributed by atoms with Crippen LogP contribution in [-0.2, 0) is 27.4 Å². The topological polar surface area (TPSA) is 113 Å². The summed E-state index contributed by atoms with van der Waals surface area (Å²) in [5.41, 5.74) is -0.364. The summed E-state index contributed by atoms with van der Waals surface area (Å²) in [4.78, 5) is 34.1. The van der Waals surface area contributed by atoms with Crippen LogP contribution in [0.2, 0.25) is 0 Å². The van der Waals surface area contributed by atoms with Gasteiger partial charge in [-0.05, 0) is 61.1 Å². The van der Waals surface area contributed by atoms with Gasteiger partial charge in [0.1, 0.15) is 18.2 Å². The number of halogens is 1. The van der Waals surface area contributed by atoms with Crippen LogP contribution in [0.15, 0.2) is 48.5 Å². The molecule has 0 fully saturated rings. The van der Waals surface area contributed by atoms with E-state index < -0.39 is 23.4 Å². The number of aryl methyl sites for hydroxylation is 1. The maximum Gasteiger partial charge on any atom is 0.341 e. The Kier molecular flexibility index (Phi) is 8.54. The van der Waals surface area contributed by atoms with Crippen molar-refractivity contribution in [3.63, 3.8) is 0 Å². The highest BCUT2D eigenvalue weighted by molar-refractivity contribution is 6.06. The first-order valence-corrected chi connectivity index (χ1v) is 9.94. The van der Waals surface area contributed by atoms with Crippen molar-refractivity contribution < 1.29 is 33.7 Å². The van der Waals surface area contributed by atoms with Gasteiger partial charge in [0.05, 0.1) is 0 Å². The number of unbranched alkanes of at least 4 members (excludes halogenated alkanes) is 2. The van der Waals surface area contributed by atoms with Crippen LogP contribution in [0.4, 0.5) is 4.39 Å². The van der Waals surface area contributed by atoms with Crippen molar-refractivity contribution in [1.82, 2.24) is 5.32 Å². The van der Waals surface area contributed by atoms with Crippen molar-refractivity contribution in [2.24, 2.45) is 0 Å². The minimum absolute atomic E-state index is 0.187. The number of nitrogens with one attached hydrogen (secondary N) is 1. The van der Waals surface area contributed by atoms with Gasteiger partial charge >= 0.3 is 11.9 Å². The fraction of sp³-hybridized carbons (Fsp3) is 0.348. The number of amides is 1. The molecule has 0 atom stereocenters. The van der Waals surface area contributed by atoms with Crippen molar-refractivity contribution in [2.45, 2.75) is 51.2 Å². The molecule has 2 rings (SSSR count). The molecule has 166 valence electrons. The molecule has 2 aromatic carbocycles. The number of carboxylic acid groups (broad SMARTS) is 2. The number of hydrogen-bond acceptors (Lipinski definition) is 4. The number of hydrogen-bond donors (Lipinski definition) is 3. The van der Waals surface area contributed by atoms with E-state index in [9.17, 15) is 29.0 Å². The van der Waals surface area contributed by atoms with Crippen LogP contribution in [0.3, 0.4) is 0 Å². The first kappa shape index (κ1) is 23.9. The van der Waals surface area contributed by atoms with E-state index in [0.717, 1.165) is 30.9 Å². The molecule has 0 saturated carbocycles. The number of rotatable bonds is 12. The van der Waals surface area contributed by atoms with E-state index in [1.807, 2.05) is 24.3 Å². The van der Waals surface area contributed by atoms with Crippen molar-refractivity contribution in [1.29, 1.82) is 0 Å². The highest BCUT2D eigenvalue weighted by Crippen LogP contribution is 2.19. The summed E-state index contributed by atoms with van der Waals surface area (Å²) in [7, 11) is 0. The smallest absolute Gasteiger partial charge is 0.341 e. The fourth-order valence-corrected chi connectivity index (χ4v) is 3.17. The Morgan fingerprint density at radius 3 is 2.03 bits per heavy atom. The van der Waals surface area contributed by atoms with Crippen molar-refractivity contribution in [2.75, 3.05) is 0 Å². The zero-order valence-corrected chi connectivity index (χ0v) is 17.3. The predicted octanol–water partition coefficient (Wildman–Crippen LogP) is 3.55. The quantitative estimate of drug-likeness (QED) is 0.350. The van der Waals surface area contributed by atoms with Crippen molar-refractivity contribution in [3.8, 4) is 5.75 Å². The molecular weight excluding hydrogens is 405 g/mol. The number of carbonyl (C=O) groups excluding carboxylic acids is 1. The molecule has 0 unspecified atom stereocenters. The minimum Gasteiger partial charge on any atom is -0.489 e. The Labute approximate surface area is 179 Å². The Morgan fingerprint density at radius 1 is 0.903 bits per heavy atom. The Bertz CT molecular complexity index is 881. The molecular formula is C23H26FNO6.